The van der Waals surface area contributed by atoms with Crippen LogP contribution in [0, 0.1) is 0 Å². The fourth-order valence-corrected chi connectivity index (χ4v) is 3.66. The Balaban J connectivity index is 1.56. The third-order valence-corrected chi connectivity index (χ3v) is 5.17. The van der Waals surface area contributed by atoms with Gasteiger partial charge in [-0.1, -0.05) is 65.4 Å². The van der Waals surface area contributed by atoms with Gasteiger partial charge in [-0.05, 0) is 18.2 Å². The van der Waals surface area contributed by atoms with E-state index in [1.165, 1.54) is 11.3 Å². The molecule has 0 saturated heterocycles. The lowest BCUT2D eigenvalue weighted by molar-refractivity contribution is 0.955. The molecule has 1 N–H and O–H groups in total. The highest BCUT2D eigenvalue weighted by atomic mass is 35.5. The van der Waals surface area contributed by atoms with E-state index in [2.05, 4.69) is 25.5 Å². The number of nitrogens with one attached hydrogen (secondary N) is 1. The molecule has 5 rings (SSSR count). The zero-order chi connectivity index (χ0) is 17.5. The lowest BCUT2D eigenvalue weighted by Gasteiger charge is -1.95. The first-order chi connectivity index (χ1) is 12.8. The average Bonchev–Trinajstić information content (AvgIpc) is 3.38. The number of rotatable bonds is 3. The maximum atomic E-state index is 5.96. The summed E-state index contributed by atoms with van der Waals surface area (Å²) in [5.41, 5.74) is 3.65. The van der Waals surface area contributed by atoms with Crippen molar-refractivity contribution in [1.82, 2.24) is 30.0 Å². The summed E-state index contributed by atoms with van der Waals surface area (Å²) in [5.74, 6) is 0.631. The summed E-state index contributed by atoms with van der Waals surface area (Å²) >= 11 is 7.43. The monoisotopic (exact) mass is 378 g/mol. The molecule has 6 nitrogen and oxygen atoms in total. The van der Waals surface area contributed by atoms with Crippen LogP contribution in [0.15, 0.2) is 60.7 Å². The molecule has 5 aromatic rings. The number of hydrogen-bond acceptors (Lipinski definition) is 5. The molecule has 3 aromatic heterocycles. The zero-order valence-electron chi connectivity index (χ0n) is 13.3. The van der Waals surface area contributed by atoms with E-state index in [4.69, 9.17) is 11.6 Å². The van der Waals surface area contributed by atoms with Crippen molar-refractivity contribution >= 4 is 27.9 Å². The molecule has 2 aromatic carbocycles. The van der Waals surface area contributed by atoms with Gasteiger partial charge in [0.1, 0.15) is 10.7 Å². The smallest absolute Gasteiger partial charge is 0.235 e. The lowest BCUT2D eigenvalue weighted by Crippen LogP contribution is -1.91. The van der Waals surface area contributed by atoms with Gasteiger partial charge in [0.15, 0.2) is 0 Å². The summed E-state index contributed by atoms with van der Waals surface area (Å²) in [6, 6.07) is 19.5. The van der Waals surface area contributed by atoms with E-state index in [0.717, 1.165) is 32.5 Å². The molecule has 0 aliphatic carbocycles. The van der Waals surface area contributed by atoms with Gasteiger partial charge in [-0.15, -0.1) is 10.2 Å². The molecular weight excluding hydrogens is 368 g/mol. The fraction of sp³-hybridized carbons (Fsp3) is 0. The number of fused-ring (bicyclic) bond motifs is 1. The number of nitrogens with zero attached hydrogens (tertiary/aromatic N) is 5. The highest BCUT2D eigenvalue weighted by molar-refractivity contribution is 7.19. The second kappa shape index (κ2) is 6.05. The quantitative estimate of drug-likeness (QED) is 0.499. The molecule has 0 aliphatic rings. The molecule has 0 amide bonds. The third-order valence-electron chi connectivity index (χ3n) is 3.97. The van der Waals surface area contributed by atoms with E-state index in [1.54, 1.807) is 4.52 Å². The van der Waals surface area contributed by atoms with Crippen molar-refractivity contribution in [1.29, 1.82) is 0 Å². The van der Waals surface area contributed by atoms with E-state index in [-0.39, 0.29) is 0 Å². The van der Waals surface area contributed by atoms with Crippen molar-refractivity contribution in [2.45, 2.75) is 0 Å². The van der Waals surface area contributed by atoms with Gasteiger partial charge < -0.3 is 0 Å². The number of aromatic nitrogens is 6. The first-order valence-electron chi connectivity index (χ1n) is 7.87. The minimum absolute atomic E-state index is 0.631. The standard InChI is InChI=1S/C18H11ClN6S/c19-13-8-6-12(7-9-13)17-24-25-16(22-23-18(25)26-17)15-10-14(20-21-15)11-4-2-1-3-5-11/h1-10H,(H,20,21). The second-order valence-electron chi connectivity index (χ2n) is 5.66. The van der Waals surface area contributed by atoms with Gasteiger partial charge in [-0.25, -0.2) is 0 Å². The largest absolute Gasteiger partial charge is 0.274 e. The maximum Gasteiger partial charge on any atom is 0.235 e. The second-order valence-corrected chi connectivity index (χ2v) is 7.06. The van der Waals surface area contributed by atoms with Crippen LogP contribution < -0.4 is 0 Å². The van der Waals surface area contributed by atoms with Crippen LogP contribution in [0.3, 0.4) is 0 Å². The van der Waals surface area contributed by atoms with Crippen molar-refractivity contribution in [3.05, 3.63) is 65.7 Å². The molecular formula is C18H11ClN6S. The van der Waals surface area contributed by atoms with Gasteiger partial charge in [0.25, 0.3) is 0 Å². The van der Waals surface area contributed by atoms with Crippen LogP contribution in [-0.4, -0.2) is 30.0 Å². The van der Waals surface area contributed by atoms with Gasteiger partial charge in [0.2, 0.25) is 10.8 Å². The minimum Gasteiger partial charge on any atom is -0.274 e. The van der Waals surface area contributed by atoms with Crippen molar-refractivity contribution in [3.63, 3.8) is 0 Å². The normalized spacial score (nSPS) is 11.3. The van der Waals surface area contributed by atoms with E-state index >= 15 is 0 Å². The summed E-state index contributed by atoms with van der Waals surface area (Å²) in [7, 11) is 0. The highest BCUT2D eigenvalue weighted by Gasteiger charge is 2.16. The summed E-state index contributed by atoms with van der Waals surface area (Å²) in [6.45, 7) is 0. The van der Waals surface area contributed by atoms with Crippen molar-refractivity contribution in [2.24, 2.45) is 0 Å². The molecule has 26 heavy (non-hydrogen) atoms. The molecule has 8 heteroatoms. The molecule has 0 saturated carbocycles. The van der Waals surface area contributed by atoms with E-state index in [1.807, 2.05) is 60.7 Å². The molecule has 0 spiro atoms. The lowest BCUT2D eigenvalue weighted by atomic mass is 10.1. The Labute approximate surface area is 157 Å². The predicted octanol–water partition coefficient (Wildman–Crippen LogP) is 4.56. The number of aromatic amines is 1. The SMILES string of the molecule is Clc1ccc(-c2nn3c(-c4cc(-c5ccccc5)n[nH]4)nnc3s2)cc1. The Morgan fingerprint density at radius 1 is 0.923 bits per heavy atom. The Hall–Kier alpha value is -3.03. The molecule has 0 bridgehead atoms. The van der Waals surface area contributed by atoms with E-state index in [9.17, 15) is 0 Å². The van der Waals surface area contributed by atoms with Crippen LogP contribution in [0.25, 0.3) is 38.3 Å². The minimum atomic E-state index is 0.631. The number of H-pyrrole nitrogens is 1. The Kier molecular flexibility index (Phi) is 3.55. The average molecular weight is 379 g/mol. The summed E-state index contributed by atoms with van der Waals surface area (Å²) in [4.78, 5) is 0.723. The molecule has 3 heterocycles. The van der Waals surface area contributed by atoms with E-state index < -0.39 is 0 Å². The first kappa shape index (κ1) is 15.2. The zero-order valence-corrected chi connectivity index (χ0v) is 14.9. The molecule has 0 fully saturated rings. The number of benzene rings is 2. The van der Waals surface area contributed by atoms with Gasteiger partial charge in [-0.3, -0.25) is 5.10 Å². The summed E-state index contributed by atoms with van der Waals surface area (Å²) in [5, 5.41) is 22.1. The predicted molar refractivity (Wildman–Crippen MR) is 102 cm³/mol. The Morgan fingerprint density at radius 2 is 1.73 bits per heavy atom. The van der Waals surface area contributed by atoms with Crippen LogP contribution >= 0.6 is 22.9 Å². The maximum absolute atomic E-state index is 5.96. The molecule has 0 aliphatic heterocycles. The summed E-state index contributed by atoms with van der Waals surface area (Å²) < 4.78 is 1.73. The first-order valence-corrected chi connectivity index (χ1v) is 9.07. The van der Waals surface area contributed by atoms with Crippen molar-refractivity contribution in [3.8, 4) is 33.3 Å². The Morgan fingerprint density at radius 3 is 2.54 bits per heavy atom. The van der Waals surface area contributed by atoms with Gasteiger partial charge >= 0.3 is 0 Å². The van der Waals surface area contributed by atoms with Crippen LogP contribution in [0.1, 0.15) is 0 Å². The van der Waals surface area contributed by atoms with E-state index in [0.29, 0.717) is 10.8 Å². The van der Waals surface area contributed by atoms with Gasteiger partial charge in [0.05, 0.1) is 5.69 Å². The van der Waals surface area contributed by atoms with Gasteiger partial charge in [0, 0.05) is 16.1 Å². The molecule has 0 unspecified atom stereocenters. The van der Waals surface area contributed by atoms with Crippen molar-refractivity contribution < 1.29 is 0 Å². The third kappa shape index (κ3) is 2.58. The van der Waals surface area contributed by atoms with Crippen LogP contribution in [0.4, 0.5) is 0 Å². The fourth-order valence-electron chi connectivity index (χ4n) is 2.69. The molecule has 0 atom stereocenters. The Bertz CT molecular complexity index is 1190. The number of hydrogen-bond donors (Lipinski definition) is 1. The molecule has 0 radical (unpaired) electrons. The molecule has 126 valence electrons. The summed E-state index contributed by atoms with van der Waals surface area (Å²) in [6.07, 6.45) is 0. The van der Waals surface area contributed by atoms with Crippen LogP contribution in [0.2, 0.25) is 5.02 Å². The van der Waals surface area contributed by atoms with Crippen LogP contribution in [0.5, 0.6) is 0 Å². The highest BCUT2D eigenvalue weighted by Crippen LogP contribution is 2.29. The topological polar surface area (TPSA) is 71.8 Å². The van der Waals surface area contributed by atoms with Crippen LogP contribution in [-0.2, 0) is 0 Å². The number of halogens is 1. The van der Waals surface area contributed by atoms with Gasteiger partial charge in [-0.2, -0.15) is 14.7 Å². The van der Waals surface area contributed by atoms with Crippen molar-refractivity contribution in [2.75, 3.05) is 0 Å².